The summed E-state index contributed by atoms with van der Waals surface area (Å²) in [6.07, 6.45) is 1.93. The lowest BCUT2D eigenvalue weighted by atomic mass is 9.81. The van der Waals surface area contributed by atoms with E-state index in [4.69, 9.17) is 16.7 Å². The van der Waals surface area contributed by atoms with E-state index in [9.17, 15) is 5.11 Å². The van der Waals surface area contributed by atoms with E-state index < -0.39 is 5.60 Å². The van der Waals surface area contributed by atoms with Crippen molar-refractivity contribution in [3.63, 3.8) is 0 Å². The molecule has 0 radical (unpaired) electrons. The molecular weight excluding hydrogens is 200 g/mol. The number of rotatable bonds is 1. The van der Waals surface area contributed by atoms with E-state index in [1.807, 2.05) is 18.2 Å². The Balaban J connectivity index is 2.33. The molecule has 2 nitrogen and oxygen atoms in total. The maximum atomic E-state index is 9.92. The zero-order valence-electron chi connectivity index (χ0n) is 7.83. The summed E-state index contributed by atoms with van der Waals surface area (Å²) < 4.78 is 0. The number of aliphatic hydroxyl groups excluding tert-OH is 1. The molecule has 14 heavy (non-hydrogen) atoms. The summed E-state index contributed by atoms with van der Waals surface area (Å²) in [6.45, 7) is -0.182. The number of aryl methyl sites for hydroxylation is 1. The SMILES string of the molecule is OCC1(O)CCc2ccc(Cl)cc2C1. The van der Waals surface area contributed by atoms with Crippen molar-refractivity contribution in [1.82, 2.24) is 0 Å². The standard InChI is InChI=1S/C11H13ClO2/c12-10-2-1-8-3-4-11(14,7-13)6-9(8)5-10/h1-2,5,13-14H,3-4,6-7H2. The minimum atomic E-state index is -0.947. The van der Waals surface area contributed by atoms with Gasteiger partial charge in [-0.05, 0) is 36.1 Å². The third kappa shape index (κ3) is 1.78. The third-order valence-corrected chi connectivity index (χ3v) is 3.08. The minimum Gasteiger partial charge on any atom is -0.393 e. The molecule has 2 rings (SSSR count). The summed E-state index contributed by atoms with van der Waals surface area (Å²) in [4.78, 5) is 0. The predicted octanol–water partition coefficient (Wildman–Crippen LogP) is 1.55. The molecule has 1 atom stereocenters. The van der Waals surface area contributed by atoms with E-state index in [1.54, 1.807) is 0 Å². The van der Waals surface area contributed by atoms with Gasteiger partial charge in [0.05, 0.1) is 12.2 Å². The Morgan fingerprint density at radius 2 is 2.14 bits per heavy atom. The number of hydrogen-bond acceptors (Lipinski definition) is 2. The average Bonchev–Trinajstić information content (AvgIpc) is 2.17. The van der Waals surface area contributed by atoms with Crippen LogP contribution < -0.4 is 0 Å². The van der Waals surface area contributed by atoms with E-state index in [2.05, 4.69) is 0 Å². The molecule has 1 aliphatic rings. The van der Waals surface area contributed by atoms with Crippen LogP contribution in [0.15, 0.2) is 18.2 Å². The van der Waals surface area contributed by atoms with Gasteiger partial charge < -0.3 is 10.2 Å². The second-order valence-electron chi connectivity index (χ2n) is 3.97. The number of halogens is 1. The smallest absolute Gasteiger partial charge is 0.0920 e. The summed E-state index contributed by atoms with van der Waals surface area (Å²) in [5.74, 6) is 0. The quantitative estimate of drug-likeness (QED) is 0.742. The van der Waals surface area contributed by atoms with Crippen molar-refractivity contribution in [2.45, 2.75) is 24.9 Å². The van der Waals surface area contributed by atoms with Gasteiger partial charge >= 0.3 is 0 Å². The van der Waals surface area contributed by atoms with Crippen molar-refractivity contribution in [2.75, 3.05) is 6.61 Å². The maximum Gasteiger partial charge on any atom is 0.0920 e. The highest BCUT2D eigenvalue weighted by Crippen LogP contribution is 2.30. The lowest BCUT2D eigenvalue weighted by molar-refractivity contribution is -0.0248. The normalized spacial score (nSPS) is 25.9. The van der Waals surface area contributed by atoms with Crippen LogP contribution in [0.4, 0.5) is 0 Å². The van der Waals surface area contributed by atoms with Crippen molar-refractivity contribution in [1.29, 1.82) is 0 Å². The molecule has 2 N–H and O–H groups in total. The first-order valence-corrected chi connectivity index (χ1v) is 5.11. The molecule has 0 fully saturated rings. The van der Waals surface area contributed by atoms with Crippen LogP contribution >= 0.6 is 11.6 Å². The first kappa shape index (κ1) is 9.97. The summed E-state index contributed by atoms with van der Waals surface area (Å²) >= 11 is 5.87. The lowest BCUT2D eigenvalue weighted by Crippen LogP contribution is -2.39. The monoisotopic (exact) mass is 212 g/mol. The van der Waals surface area contributed by atoms with Crippen LogP contribution in [-0.2, 0) is 12.8 Å². The Morgan fingerprint density at radius 1 is 1.36 bits per heavy atom. The molecule has 0 aliphatic heterocycles. The van der Waals surface area contributed by atoms with Crippen LogP contribution in [-0.4, -0.2) is 22.4 Å². The molecule has 0 bridgehead atoms. The summed E-state index contributed by atoms with van der Waals surface area (Å²) in [7, 11) is 0. The first-order valence-electron chi connectivity index (χ1n) is 4.73. The largest absolute Gasteiger partial charge is 0.393 e. The second kappa shape index (κ2) is 3.54. The maximum absolute atomic E-state index is 9.92. The summed E-state index contributed by atoms with van der Waals surface area (Å²) in [5, 5.41) is 19.7. The van der Waals surface area contributed by atoms with Crippen molar-refractivity contribution >= 4 is 11.6 Å². The Hall–Kier alpha value is -0.570. The molecule has 76 valence electrons. The van der Waals surface area contributed by atoms with E-state index in [0.29, 0.717) is 17.9 Å². The zero-order valence-corrected chi connectivity index (χ0v) is 8.59. The molecule has 0 aromatic heterocycles. The van der Waals surface area contributed by atoms with Crippen molar-refractivity contribution in [3.05, 3.63) is 34.3 Å². The molecular formula is C11H13ClO2. The van der Waals surface area contributed by atoms with E-state index in [-0.39, 0.29) is 6.61 Å². The van der Waals surface area contributed by atoms with Crippen LogP contribution in [0.5, 0.6) is 0 Å². The molecule has 0 saturated carbocycles. The molecule has 0 heterocycles. The average molecular weight is 213 g/mol. The van der Waals surface area contributed by atoms with Gasteiger partial charge in [-0.1, -0.05) is 17.7 Å². The fraction of sp³-hybridized carbons (Fsp3) is 0.455. The molecule has 1 aromatic rings. The van der Waals surface area contributed by atoms with Gasteiger partial charge in [0.2, 0.25) is 0 Å². The number of aliphatic hydroxyl groups is 2. The summed E-state index contributed by atoms with van der Waals surface area (Å²) in [6, 6.07) is 5.73. The Labute approximate surface area is 88.1 Å². The summed E-state index contributed by atoms with van der Waals surface area (Å²) in [5.41, 5.74) is 1.34. The zero-order chi connectivity index (χ0) is 10.2. The Kier molecular flexibility index (Phi) is 2.52. The number of benzene rings is 1. The topological polar surface area (TPSA) is 40.5 Å². The second-order valence-corrected chi connectivity index (χ2v) is 4.41. The van der Waals surface area contributed by atoms with Crippen LogP contribution in [0.3, 0.4) is 0 Å². The van der Waals surface area contributed by atoms with Crippen molar-refractivity contribution in [2.24, 2.45) is 0 Å². The Bertz CT molecular complexity index is 351. The minimum absolute atomic E-state index is 0.182. The van der Waals surface area contributed by atoms with Crippen LogP contribution in [0.1, 0.15) is 17.5 Å². The van der Waals surface area contributed by atoms with Gasteiger partial charge in [0.25, 0.3) is 0 Å². The molecule has 0 amide bonds. The number of fused-ring (bicyclic) bond motifs is 1. The van der Waals surface area contributed by atoms with Gasteiger partial charge in [-0.15, -0.1) is 0 Å². The molecule has 1 aromatic carbocycles. The molecule has 0 spiro atoms. The van der Waals surface area contributed by atoms with Crippen LogP contribution in [0.25, 0.3) is 0 Å². The van der Waals surface area contributed by atoms with Crippen LogP contribution in [0, 0.1) is 0 Å². The lowest BCUT2D eigenvalue weighted by Gasteiger charge is -2.31. The molecule has 1 aliphatic carbocycles. The predicted molar refractivity (Wildman–Crippen MR) is 55.5 cm³/mol. The van der Waals surface area contributed by atoms with Gasteiger partial charge in [0.1, 0.15) is 0 Å². The van der Waals surface area contributed by atoms with E-state index in [1.165, 1.54) is 5.56 Å². The highest BCUT2D eigenvalue weighted by Gasteiger charge is 2.31. The van der Waals surface area contributed by atoms with E-state index in [0.717, 1.165) is 12.0 Å². The van der Waals surface area contributed by atoms with Crippen LogP contribution in [0.2, 0.25) is 5.02 Å². The fourth-order valence-electron chi connectivity index (χ4n) is 1.95. The van der Waals surface area contributed by atoms with Crippen molar-refractivity contribution < 1.29 is 10.2 Å². The Morgan fingerprint density at radius 3 is 2.86 bits per heavy atom. The molecule has 3 heteroatoms. The first-order chi connectivity index (χ1) is 6.63. The van der Waals surface area contributed by atoms with Crippen molar-refractivity contribution in [3.8, 4) is 0 Å². The highest BCUT2D eigenvalue weighted by atomic mass is 35.5. The van der Waals surface area contributed by atoms with Gasteiger partial charge in [0.15, 0.2) is 0 Å². The van der Waals surface area contributed by atoms with Gasteiger partial charge in [-0.25, -0.2) is 0 Å². The van der Waals surface area contributed by atoms with Gasteiger partial charge in [-0.2, -0.15) is 0 Å². The number of hydrogen-bond donors (Lipinski definition) is 2. The molecule has 0 saturated heterocycles. The van der Waals surface area contributed by atoms with Gasteiger partial charge in [-0.3, -0.25) is 0 Å². The molecule has 1 unspecified atom stereocenters. The van der Waals surface area contributed by atoms with E-state index >= 15 is 0 Å². The highest BCUT2D eigenvalue weighted by molar-refractivity contribution is 6.30. The fourth-order valence-corrected chi connectivity index (χ4v) is 2.14. The van der Waals surface area contributed by atoms with Gasteiger partial charge in [0, 0.05) is 11.4 Å². The third-order valence-electron chi connectivity index (χ3n) is 2.84.